The highest BCUT2D eigenvalue weighted by Gasteiger charge is 2.34. The molecule has 3 N–H and O–H groups in total. The second kappa shape index (κ2) is 9.41. The number of rotatable bonds is 7. The zero-order valence-corrected chi connectivity index (χ0v) is 16.3. The molecular formula is C19H27N3O6. The molecule has 2 rings (SSSR count). The van der Waals surface area contributed by atoms with Gasteiger partial charge in [-0.3, -0.25) is 4.79 Å². The molecule has 154 valence electrons. The number of primary amides is 1. The van der Waals surface area contributed by atoms with Crippen molar-refractivity contribution in [2.75, 3.05) is 19.7 Å². The van der Waals surface area contributed by atoms with Crippen molar-refractivity contribution in [2.24, 2.45) is 5.73 Å². The summed E-state index contributed by atoms with van der Waals surface area (Å²) < 4.78 is 15.9. The molecule has 9 nitrogen and oxygen atoms in total. The van der Waals surface area contributed by atoms with E-state index in [0.717, 1.165) is 5.56 Å². The van der Waals surface area contributed by atoms with Gasteiger partial charge in [0.2, 0.25) is 5.91 Å². The summed E-state index contributed by atoms with van der Waals surface area (Å²) in [6.45, 7) is 5.90. The number of hydrogen-bond acceptors (Lipinski definition) is 6. The van der Waals surface area contributed by atoms with Crippen LogP contribution >= 0.6 is 0 Å². The topological polar surface area (TPSA) is 120 Å². The lowest BCUT2D eigenvalue weighted by Crippen LogP contribution is -2.57. The van der Waals surface area contributed by atoms with E-state index < -0.39 is 29.7 Å². The van der Waals surface area contributed by atoms with Gasteiger partial charge in [0, 0.05) is 0 Å². The van der Waals surface area contributed by atoms with Crippen LogP contribution in [0.5, 0.6) is 0 Å². The summed E-state index contributed by atoms with van der Waals surface area (Å²) in [6, 6.07) is 8.36. The number of nitrogens with one attached hydrogen (secondary N) is 1. The molecule has 1 unspecified atom stereocenters. The third kappa shape index (κ3) is 7.07. The number of nitrogens with zero attached hydrogens (tertiary/aromatic N) is 1. The van der Waals surface area contributed by atoms with E-state index in [0.29, 0.717) is 13.1 Å². The van der Waals surface area contributed by atoms with E-state index in [1.54, 1.807) is 20.8 Å². The summed E-state index contributed by atoms with van der Waals surface area (Å²) in [5.41, 5.74) is 5.50. The Morgan fingerprint density at radius 3 is 2.43 bits per heavy atom. The first-order chi connectivity index (χ1) is 13.1. The molecular weight excluding hydrogens is 366 g/mol. The summed E-state index contributed by atoms with van der Waals surface area (Å²) in [4.78, 5) is 36.7. The predicted molar refractivity (Wildman–Crippen MR) is 100 cm³/mol. The van der Waals surface area contributed by atoms with E-state index >= 15 is 0 Å². The number of carbonyl (C=O) groups excluding carboxylic acids is 3. The van der Waals surface area contributed by atoms with Gasteiger partial charge in [-0.25, -0.2) is 9.59 Å². The molecule has 1 aliphatic rings. The Bertz CT molecular complexity index is 683. The third-order valence-electron chi connectivity index (χ3n) is 3.84. The fraction of sp³-hybridized carbons (Fsp3) is 0.526. The molecule has 9 heteroatoms. The van der Waals surface area contributed by atoms with Gasteiger partial charge in [0.15, 0.2) is 0 Å². The van der Waals surface area contributed by atoms with E-state index in [1.165, 1.54) is 4.90 Å². The maximum Gasteiger partial charge on any atom is 0.410 e. The molecule has 1 saturated heterocycles. The van der Waals surface area contributed by atoms with Crippen molar-refractivity contribution in [3.63, 3.8) is 0 Å². The first kappa shape index (κ1) is 21.5. The lowest BCUT2D eigenvalue weighted by Gasteiger charge is -2.38. The van der Waals surface area contributed by atoms with Crippen LogP contribution < -0.4 is 11.1 Å². The highest BCUT2D eigenvalue weighted by atomic mass is 16.6. The lowest BCUT2D eigenvalue weighted by molar-refractivity contribution is -0.123. The molecule has 0 aliphatic carbocycles. The smallest absolute Gasteiger partial charge is 0.410 e. The quantitative estimate of drug-likeness (QED) is 0.722. The normalized spacial score (nSPS) is 15.3. The van der Waals surface area contributed by atoms with Crippen molar-refractivity contribution < 1.29 is 28.6 Å². The van der Waals surface area contributed by atoms with Crippen molar-refractivity contribution in [2.45, 2.75) is 45.1 Å². The van der Waals surface area contributed by atoms with Gasteiger partial charge in [0.05, 0.1) is 25.8 Å². The van der Waals surface area contributed by atoms with Crippen LogP contribution in [0.25, 0.3) is 0 Å². The van der Waals surface area contributed by atoms with Gasteiger partial charge >= 0.3 is 12.2 Å². The maximum absolute atomic E-state index is 12.0. The minimum Gasteiger partial charge on any atom is -0.445 e. The first-order valence-electron chi connectivity index (χ1n) is 9.00. The molecule has 0 spiro atoms. The standard InChI is InChI=1S/C19H27N3O6/c1-19(2,3)28-17(24)21-15(16(20)23)12-26-14-9-22(10-14)18(25)27-11-13-7-5-4-6-8-13/h4-8,14-15H,9-12H2,1-3H3,(H2,20,23)(H,21,24). The molecule has 1 aromatic carbocycles. The average molecular weight is 393 g/mol. The van der Waals surface area contributed by atoms with Gasteiger partial charge in [-0.15, -0.1) is 0 Å². The molecule has 0 radical (unpaired) electrons. The molecule has 1 aliphatic heterocycles. The second-order valence-electron chi connectivity index (χ2n) is 7.50. The summed E-state index contributed by atoms with van der Waals surface area (Å²) in [7, 11) is 0. The van der Waals surface area contributed by atoms with Crippen LogP contribution in [0.15, 0.2) is 30.3 Å². The Hall–Kier alpha value is -2.81. The van der Waals surface area contributed by atoms with Gasteiger partial charge in [0.25, 0.3) is 0 Å². The van der Waals surface area contributed by atoms with Crippen LogP contribution in [-0.4, -0.2) is 60.4 Å². The number of likely N-dealkylation sites (tertiary alicyclic amines) is 1. The van der Waals surface area contributed by atoms with Crippen molar-refractivity contribution in [3.8, 4) is 0 Å². The number of nitrogens with two attached hydrogens (primary N) is 1. The third-order valence-corrected chi connectivity index (χ3v) is 3.84. The number of hydrogen-bond donors (Lipinski definition) is 2. The van der Waals surface area contributed by atoms with E-state index in [9.17, 15) is 14.4 Å². The summed E-state index contributed by atoms with van der Waals surface area (Å²) >= 11 is 0. The fourth-order valence-electron chi connectivity index (χ4n) is 2.38. The van der Waals surface area contributed by atoms with Crippen LogP contribution in [-0.2, 0) is 25.6 Å². The Kier molecular flexibility index (Phi) is 7.22. The largest absolute Gasteiger partial charge is 0.445 e. The van der Waals surface area contributed by atoms with Crippen molar-refractivity contribution >= 4 is 18.1 Å². The lowest BCUT2D eigenvalue weighted by atomic mass is 10.2. The van der Waals surface area contributed by atoms with Crippen molar-refractivity contribution in [3.05, 3.63) is 35.9 Å². The van der Waals surface area contributed by atoms with E-state index in [1.807, 2.05) is 30.3 Å². The van der Waals surface area contributed by atoms with Crippen LogP contribution in [0, 0.1) is 0 Å². The van der Waals surface area contributed by atoms with Gasteiger partial charge in [-0.05, 0) is 26.3 Å². The van der Waals surface area contributed by atoms with Crippen LogP contribution in [0.1, 0.15) is 26.3 Å². The average Bonchev–Trinajstić information content (AvgIpc) is 2.56. The molecule has 1 atom stereocenters. The summed E-state index contributed by atoms with van der Waals surface area (Å²) in [5, 5.41) is 2.38. The van der Waals surface area contributed by atoms with Gasteiger partial charge in [-0.1, -0.05) is 30.3 Å². The highest BCUT2D eigenvalue weighted by molar-refractivity contribution is 5.84. The van der Waals surface area contributed by atoms with Gasteiger partial charge in [0.1, 0.15) is 18.2 Å². The molecule has 3 amide bonds. The van der Waals surface area contributed by atoms with E-state index in [4.69, 9.17) is 19.9 Å². The van der Waals surface area contributed by atoms with Crippen LogP contribution in [0.3, 0.4) is 0 Å². The molecule has 0 bridgehead atoms. The molecule has 1 fully saturated rings. The molecule has 28 heavy (non-hydrogen) atoms. The predicted octanol–water partition coefficient (Wildman–Crippen LogP) is 1.40. The first-order valence-corrected chi connectivity index (χ1v) is 9.00. The number of ether oxygens (including phenoxy) is 3. The Morgan fingerprint density at radius 1 is 1.21 bits per heavy atom. The molecule has 0 aromatic heterocycles. The number of alkyl carbamates (subject to hydrolysis) is 1. The number of amides is 3. The molecule has 0 saturated carbocycles. The molecule has 1 aromatic rings. The zero-order valence-electron chi connectivity index (χ0n) is 16.3. The highest BCUT2D eigenvalue weighted by Crippen LogP contribution is 2.15. The Labute approximate surface area is 164 Å². The Balaban J connectivity index is 1.68. The summed E-state index contributed by atoms with van der Waals surface area (Å²) in [5.74, 6) is -0.732. The number of carbonyl (C=O) groups is 3. The van der Waals surface area contributed by atoms with Crippen molar-refractivity contribution in [1.82, 2.24) is 10.2 Å². The van der Waals surface area contributed by atoms with Gasteiger partial charge < -0.3 is 30.2 Å². The summed E-state index contributed by atoms with van der Waals surface area (Å²) in [6.07, 6.45) is -1.44. The minimum atomic E-state index is -1.02. The number of benzene rings is 1. The SMILES string of the molecule is CC(C)(C)OC(=O)NC(COC1CN(C(=O)OCc2ccccc2)C1)C(N)=O. The fourth-order valence-corrected chi connectivity index (χ4v) is 2.38. The Morgan fingerprint density at radius 2 is 1.86 bits per heavy atom. The maximum atomic E-state index is 12.0. The monoisotopic (exact) mass is 393 g/mol. The molecule has 1 heterocycles. The van der Waals surface area contributed by atoms with E-state index in [-0.39, 0.29) is 19.3 Å². The van der Waals surface area contributed by atoms with Crippen LogP contribution in [0.2, 0.25) is 0 Å². The van der Waals surface area contributed by atoms with Gasteiger partial charge in [-0.2, -0.15) is 0 Å². The second-order valence-corrected chi connectivity index (χ2v) is 7.50. The van der Waals surface area contributed by atoms with Crippen molar-refractivity contribution in [1.29, 1.82) is 0 Å². The zero-order chi connectivity index (χ0) is 20.7. The van der Waals surface area contributed by atoms with E-state index in [2.05, 4.69) is 5.32 Å². The minimum absolute atomic E-state index is 0.105. The van der Waals surface area contributed by atoms with Crippen LogP contribution in [0.4, 0.5) is 9.59 Å².